The molecule has 1 aliphatic rings. The van der Waals surface area contributed by atoms with Gasteiger partial charge < -0.3 is 10.0 Å². The van der Waals surface area contributed by atoms with E-state index in [0.717, 1.165) is 0 Å². The van der Waals surface area contributed by atoms with Gasteiger partial charge in [0.05, 0.1) is 12.7 Å². The second-order valence-electron chi connectivity index (χ2n) is 5.43. The molecule has 1 N–H and O–H groups in total. The van der Waals surface area contributed by atoms with E-state index in [1.807, 2.05) is 0 Å². The van der Waals surface area contributed by atoms with E-state index in [1.165, 1.54) is 27.9 Å². The van der Waals surface area contributed by atoms with E-state index in [-0.39, 0.29) is 18.1 Å². The Kier molecular flexibility index (Phi) is 4.05. The monoisotopic (exact) mass is 318 g/mol. The summed E-state index contributed by atoms with van der Waals surface area (Å²) in [6.45, 7) is 0.674. The molecule has 1 atom stereocenters. The molecule has 0 spiro atoms. The number of likely N-dealkylation sites (tertiary alicyclic amines) is 1. The van der Waals surface area contributed by atoms with Crippen LogP contribution in [-0.4, -0.2) is 49.5 Å². The molecule has 0 aliphatic carbocycles. The first-order chi connectivity index (χ1) is 11.0. The predicted octanol–water partition coefficient (Wildman–Crippen LogP) is 1.15. The van der Waals surface area contributed by atoms with Crippen LogP contribution in [-0.2, 0) is 11.3 Å². The molecule has 0 saturated carbocycles. The van der Waals surface area contributed by atoms with Gasteiger partial charge >= 0.3 is 5.97 Å². The van der Waals surface area contributed by atoms with Crippen LogP contribution in [0.5, 0.6) is 0 Å². The van der Waals surface area contributed by atoms with Crippen molar-refractivity contribution in [2.75, 3.05) is 6.54 Å². The van der Waals surface area contributed by atoms with Crippen molar-refractivity contribution in [1.82, 2.24) is 19.9 Å². The van der Waals surface area contributed by atoms with Crippen molar-refractivity contribution in [2.45, 2.75) is 25.4 Å². The molecule has 120 valence electrons. The largest absolute Gasteiger partial charge is 0.480 e. The van der Waals surface area contributed by atoms with E-state index >= 15 is 0 Å². The summed E-state index contributed by atoms with van der Waals surface area (Å²) < 4.78 is 14.6. The summed E-state index contributed by atoms with van der Waals surface area (Å²) in [6, 6.07) is 5.25. The van der Waals surface area contributed by atoms with Crippen LogP contribution in [0.1, 0.15) is 28.9 Å². The Hall–Kier alpha value is -2.77. The fourth-order valence-corrected chi connectivity index (χ4v) is 2.71. The van der Waals surface area contributed by atoms with Gasteiger partial charge in [0.1, 0.15) is 11.9 Å². The zero-order valence-electron chi connectivity index (χ0n) is 12.2. The number of benzene rings is 1. The topological polar surface area (TPSA) is 88.3 Å². The van der Waals surface area contributed by atoms with E-state index < -0.39 is 17.9 Å². The van der Waals surface area contributed by atoms with Crippen LogP contribution < -0.4 is 0 Å². The highest BCUT2D eigenvalue weighted by atomic mass is 19.1. The van der Waals surface area contributed by atoms with E-state index in [1.54, 1.807) is 12.1 Å². The standard InChI is InChI=1S/C15H15FN4O3/c16-11-4-1-3-10(7-11)8-19-9-12(17-18-19)14(21)20-6-2-5-13(20)15(22)23/h1,3-4,7,9,13H,2,5-6,8H2,(H,22,23)/t13-/m0/s1. The smallest absolute Gasteiger partial charge is 0.326 e. The quantitative estimate of drug-likeness (QED) is 0.914. The lowest BCUT2D eigenvalue weighted by Crippen LogP contribution is -2.40. The summed E-state index contributed by atoms with van der Waals surface area (Å²) in [4.78, 5) is 24.8. The average molecular weight is 318 g/mol. The third-order valence-electron chi connectivity index (χ3n) is 3.79. The Bertz CT molecular complexity index is 746. The molecule has 0 bridgehead atoms. The van der Waals surface area contributed by atoms with E-state index in [4.69, 9.17) is 5.11 Å². The summed E-state index contributed by atoms with van der Waals surface area (Å²) in [6.07, 6.45) is 2.54. The van der Waals surface area contributed by atoms with Gasteiger partial charge in [-0.05, 0) is 30.5 Å². The number of hydrogen-bond donors (Lipinski definition) is 1. The maximum atomic E-state index is 13.2. The first-order valence-corrected chi connectivity index (χ1v) is 7.23. The van der Waals surface area contributed by atoms with Gasteiger partial charge in [-0.15, -0.1) is 5.10 Å². The van der Waals surface area contributed by atoms with Crippen molar-refractivity contribution in [2.24, 2.45) is 0 Å². The lowest BCUT2D eigenvalue weighted by molar-refractivity contribution is -0.141. The van der Waals surface area contributed by atoms with Crippen molar-refractivity contribution in [1.29, 1.82) is 0 Å². The lowest BCUT2D eigenvalue weighted by Gasteiger charge is -2.19. The van der Waals surface area contributed by atoms with Gasteiger partial charge in [-0.3, -0.25) is 4.79 Å². The summed E-state index contributed by atoms with van der Waals surface area (Å²) in [5, 5.41) is 16.8. The Labute approximate surface area is 131 Å². The Balaban J connectivity index is 1.74. The minimum absolute atomic E-state index is 0.0922. The van der Waals surface area contributed by atoms with Crippen molar-refractivity contribution in [3.05, 3.63) is 47.5 Å². The number of rotatable bonds is 4. The summed E-state index contributed by atoms with van der Waals surface area (Å²) >= 11 is 0. The second kappa shape index (κ2) is 6.15. The highest BCUT2D eigenvalue weighted by Crippen LogP contribution is 2.19. The first-order valence-electron chi connectivity index (χ1n) is 7.23. The number of aromatic nitrogens is 3. The fraction of sp³-hybridized carbons (Fsp3) is 0.333. The van der Waals surface area contributed by atoms with Gasteiger partial charge in [-0.1, -0.05) is 17.3 Å². The SMILES string of the molecule is O=C(O)[C@@H]1CCCN1C(=O)c1cn(Cc2cccc(F)c2)nn1. The zero-order chi connectivity index (χ0) is 16.4. The van der Waals surface area contributed by atoms with Gasteiger partial charge in [0.25, 0.3) is 5.91 Å². The second-order valence-corrected chi connectivity index (χ2v) is 5.43. The molecule has 3 rings (SSSR count). The first kappa shape index (κ1) is 15.1. The number of carbonyl (C=O) groups is 2. The minimum atomic E-state index is -1.01. The maximum absolute atomic E-state index is 13.2. The van der Waals surface area contributed by atoms with E-state index in [2.05, 4.69) is 10.3 Å². The highest BCUT2D eigenvalue weighted by molar-refractivity contribution is 5.95. The molecule has 0 unspecified atom stereocenters. The van der Waals surface area contributed by atoms with Gasteiger partial charge in [-0.25, -0.2) is 13.9 Å². The Morgan fingerprint density at radius 1 is 1.39 bits per heavy atom. The van der Waals surface area contributed by atoms with Crippen molar-refractivity contribution in [3.8, 4) is 0 Å². The normalized spacial score (nSPS) is 17.4. The molecule has 1 amide bonds. The molecular weight excluding hydrogens is 303 g/mol. The number of halogens is 1. The van der Waals surface area contributed by atoms with Gasteiger partial charge in [0.15, 0.2) is 5.69 Å². The van der Waals surface area contributed by atoms with Crippen LogP contribution in [0.15, 0.2) is 30.5 Å². The van der Waals surface area contributed by atoms with Gasteiger partial charge in [0, 0.05) is 6.54 Å². The molecule has 2 aromatic rings. The molecule has 1 fully saturated rings. The highest BCUT2D eigenvalue weighted by Gasteiger charge is 2.35. The zero-order valence-corrected chi connectivity index (χ0v) is 12.2. The molecule has 0 radical (unpaired) electrons. The third-order valence-corrected chi connectivity index (χ3v) is 3.79. The van der Waals surface area contributed by atoms with E-state index in [9.17, 15) is 14.0 Å². The van der Waals surface area contributed by atoms with Gasteiger partial charge in [0.2, 0.25) is 0 Å². The van der Waals surface area contributed by atoms with Crippen LogP contribution in [0, 0.1) is 5.82 Å². The molecule has 7 nitrogen and oxygen atoms in total. The number of amides is 1. The van der Waals surface area contributed by atoms with Crippen LogP contribution in [0.4, 0.5) is 4.39 Å². The molecule has 1 aromatic heterocycles. The van der Waals surface area contributed by atoms with Crippen LogP contribution >= 0.6 is 0 Å². The fourth-order valence-electron chi connectivity index (χ4n) is 2.71. The average Bonchev–Trinajstić information content (AvgIpc) is 3.15. The molecule has 1 saturated heterocycles. The maximum Gasteiger partial charge on any atom is 0.326 e. The van der Waals surface area contributed by atoms with E-state index in [0.29, 0.717) is 24.9 Å². The molecule has 2 heterocycles. The van der Waals surface area contributed by atoms with Crippen molar-refractivity contribution < 1.29 is 19.1 Å². The summed E-state index contributed by atoms with van der Waals surface area (Å²) in [5.41, 5.74) is 0.785. The summed E-state index contributed by atoms with van der Waals surface area (Å²) in [5.74, 6) is -1.80. The van der Waals surface area contributed by atoms with Crippen LogP contribution in [0.3, 0.4) is 0 Å². The number of aliphatic carboxylic acids is 1. The number of carbonyl (C=O) groups excluding carboxylic acids is 1. The number of carboxylic acid groups (broad SMARTS) is 1. The Morgan fingerprint density at radius 3 is 2.96 bits per heavy atom. The number of carboxylic acids is 1. The molecule has 23 heavy (non-hydrogen) atoms. The third kappa shape index (κ3) is 3.20. The number of nitrogens with zero attached hydrogens (tertiary/aromatic N) is 4. The van der Waals surface area contributed by atoms with Crippen molar-refractivity contribution in [3.63, 3.8) is 0 Å². The molecule has 1 aromatic carbocycles. The number of hydrogen-bond acceptors (Lipinski definition) is 4. The molecule has 8 heteroatoms. The summed E-state index contributed by atoms with van der Waals surface area (Å²) in [7, 11) is 0. The molecular formula is C15H15FN4O3. The van der Waals surface area contributed by atoms with Crippen LogP contribution in [0.2, 0.25) is 0 Å². The minimum Gasteiger partial charge on any atom is -0.480 e. The predicted molar refractivity (Wildman–Crippen MR) is 77.2 cm³/mol. The lowest BCUT2D eigenvalue weighted by atomic mass is 10.2. The van der Waals surface area contributed by atoms with Crippen LogP contribution in [0.25, 0.3) is 0 Å². The van der Waals surface area contributed by atoms with Crippen molar-refractivity contribution >= 4 is 11.9 Å². The Morgan fingerprint density at radius 2 is 2.22 bits per heavy atom. The molecule has 1 aliphatic heterocycles. The van der Waals surface area contributed by atoms with Gasteiger partial charge in [-0.2, -0.15) is 0 Å².